The third-order valence-corrected chi connectivity index (χ3v) is 0.906. The van der Waals surface area contributed by atoms with E-state index in [0.29, 0.717) is 0 Å². The predicted octanol–water partition coefficient (Wildman–Crippen LogP) is 0.103. The van der Waals surface area contributed by atoms with Gasteiger partial charge in [-0.3, -0.25) is 0 Å². The molecule has 0 amide bonds. The van der Waals surface area contributed by atoms with Gasteiger partial charge in [0, 0.05) is 13.0 Å². The molecule has 0 spiro atoms. The van der Waals surface area contributed by atoms with Crippen LogP contribution in [-0.4, -0.2) is 69.4 Å². The van der Waals surface area contributed by atoms with E-state index in [-0.39, 0.29) is 58.8 Å². The van der Waals surface area contributed by atoms with E-state index in [1.54, 1.807) is 0 Å². The zero-order chi connectivity index (χ0) is 4.41. The van der Waals surface area contributed by atoms with Gasteiger partial charge in [0.15, 0.2) is 6.29 Å². The van der Waals surface area contributed by atoms with Crippen molar-refractivity contribution in [1.82, 2.24) is 0 Å². The molecule has 1 fully saturated rings. The number of aliphatic hydroxyl groups excluding tert-OH is 1. The fourth-order valence-corrected chi connectivity index (χ4v) is 0.561. The Hall–Kier alpha value is 1.56. The van der Waals surface area contributed by atoms with Gasteiger partial charge in [0.2, 0.25) is 0 Å². The molecular weight excluding hydrogens is 131 g/mol. The summed E-state index contributed by atoms with van der Waals surface area (Å²) in [6.07, 6.45) is 1.38. The van der Waals surface area contributed by atoms with Crippen molar-refractivity contribution in [2.75, 3.05) is 6.61 Å². The van der Waals surface area contributed by atoms with E-state index in [4.69, 9.17) is 9.84 Å². The predicted molar refractivity (Wildman–Crippen MR) is 35.1 cm³/mol. The van der Waals surface area contributed by atoms with E-state index in [1.165, 1.54) is 0 Å². The summed E-state index contributed by atoms with van der Waals surface area (Å²) in [6, 6.07) is 0. The first-order chi connectivity index (χ1) is 2.89. The van der Waals surface area contributed by atoms with Gasteiger partial charge in [-0.2, -0.15) is 0 Å². The molecule has 1 aliphatic rings. The third-order valence-electron chi connectivity index (χ3n) is 0.906. The Morgan fingerprint density at radius 2 is 2.12 bits per heavy atom. The molecule has 0 bridgehead atoms. The molecule has 1 heterocycles. The standard InChI is InChI=1S/C4H8O2.CH4.K.H/c5-4-2-1-3-6-4;;;/h4-5H,1-3H2;1H4;;. The number of hydrogen-bond donors (Lipinski definition) is 1. The molecule has 0 aromatic carbocycles. The molecule has 0 aromatic rings. The third kappa shape index (κ3) is 4.44. The summed E-state index contributed by atoms with van der Waals surface area (Å²) in [7, 11) is 0. The van der Waals surface area contributed by atoms with Crippen molar-refractivity contribution in [2.24, 2.45) is 0 Å². The van der Waals surface area contributed by atoms with E-state index in [0.717, 1.165) is 19.4 Å². The normalized spacial score (nSPS) is 25.9. The van der Waals surface area contributed by atoms with Crippen molar-refractivity contribution in [3.8, 4) is 0 Å². The maximum atomic E-state index is 8.51. The van der Waals surface area contributed by atoms with Crippen LogP contribution in [0.2, 0.25) is 0 Å². The zero-order valence-electron chi connectivity index (χ0n) is 3.55. The van der Waals surface area contributed by atoms with Crippen LogP contribution >= 0.6 is 0 Å². The molecule has 1 aliphatic heterocycles. The second kappa shape index (κ2) is 6.67. The summed E-state index contributed by atoms with van der Waals surface area (Å²) in [5, 5.41) is 8.51. The summed E-state index contributed by atoms with van der Waals surface area (Å²) in [4.78, 5) is 0. The van der Waals surface area contributed by atoms with Crippen LogP contribution in [0, 0.1) is 0 Å². The van der Waals surface area contributed by atoms with E-state index < -0.39 is 6.29 Å². The van der Waals surface area contributed by atoms with Crippen LogP contribution in [0.3, 0.4) is 0 Å². The van der Waals surface area contributed by atoms with Crippen LogP contribution < -0.4 is 0 Å². The summed E-state index contributed by atoms with van der Waals surface area (Å²) in [5.74, 6) is 0. The average molecular weight is 144 g/mol. The monoisotopic (exact) mass is 144 g/mol. The van der Waals surface area contributed by atoms with Crippen LogP contribution in [0.1, 0.15) is 20.3 Å². The van der Waals surface area contributed by atoms with Gasteiger partial charge in [0.25, 0.3) is 0 Å². The van der Waals surface area contributed by atoms with Crippen molar-refractivity contribution in [3.63, 3.8) is 0 Å². The van der Waals surface area contributed by atoms with Crippen LogP contribution in [-0.2, 0) is 4.74 Å². The molecule has 1 atom stereocenters. The molecule has 0 aliphatic carbocycles. The summed E-state index contributed by atoms with van der Waals surface area (Å²) >= 11 is 0. The van der Waals surface area contributed by atoms with Gasteiger partial charge in [-0.05, 0) is 6.42 Å². The van der Waals surface area contributed by atoms with Crippen molar-refractivity contribution < 1.29 is 9.84 Å². The second-order valence-electron chi connectivity index (χ2n) is 1.47. The molecule has 3 heteroatoms. The molecule has 0 radical (unpaired) electrons. The second-order valence-corrected chi connectivity index (χ2v) is 1.47. The molecule has 8 heavy (non-hydrogen) atoms. The van der Waals surface area contributed by atoms with Crippen molar-refractivity contribution in [2.45, 2.75) is 26.6 Å². The number of ether oxygens (including phenoxy) is 1. The summed E-state index contributed by atoms with van der Waals surface area (Å²) in [6.45, 7) is 0.737. The van der Waals surface area contributed by atoms with Gasteiger partial charge in [-0.25, -0.2) is 0 Å². The molecule has 46 valence electrons. The molecule has 2 nitrogen and oxygen atoms in total. The fraction of sp³-hybridized carbons (Fsp3) is 1.00. The van der Waals surface area contributed by atoms with Crippen LogP contribution in [0.5, 0.6) is 0 Å². The SMILES string of the molecule is C.OC1CCCO1.[KH]. The quantitative estimate of drug-likeness (QED) is 0.489. The van der Waals surface area contributed by atoms with Crippen molar-refractivity contribution in [3.05, 3.63) is 0 Å². The van der Waals surface area contributed by atoms with Crippen LogP contribution in [0.25, 0.3) is 0 Å². The first kappa shape index (κ1) is 12.3. The molecule has 1 saturated heterocycles. The van der Waals surface area contributed by atoms with Crippen molar-refractivity contribution >= 4 is 51.4 Å². The minimum absolute atomic E-state index is 0. The molecular formula is C5H13KO2. The van der Waals surface area contributed by atoms with E-state index in [1.807, 2.05) is 0 Å². The zero-order valence-corrected chi connectivity index (χ0v) is 3.55. The first-order valence-electron chi connectivity index (χ1n) is 2.19. The van der Waals surface area contributed by atoms with Crippen LogP contribution in [0.15, 0.2) is 0 Å². The Balaban J connectivity index is 0. The number of rotatable bonds is 0. The molecule has 1 rings (SSSR count). The molecule has 0 saturated carbocycles. The molecule has 1 N–H and O–H groups in total. The Bertz CT molecular complexity index is 43.7. The first-order valence-corrected chi connectivity index (χ1v) is 2.19. The number of aliphatic hydroxyl groups is 1. The number of hydrogen-bond acceptors (Lipinski definition) is 2. The Morgan fingerprint density at radius 3 is 2.25 bits per heavy atom. The summed E-state index contributed by atoms with van der Waals surface area (Å²) < 4.78 is 4.71. The van der Waals surface area contributed by atoms with Gasteiger partial charge in [0.05, 0.1) is 0 Å². The van der Waals surface area contributed by atoms with Gasteiger partial charge >= 0.3 is 51.4 Å². The van der Waals surface area contributed by atoms with Gasteiger partial charge < -0.3 is 9.84 Å². The Kier molecular flexibility index (Phi) is 10.2. The fourth-order valence-electron chi connectivity index (χ4n) is 0.561. The minimum atomic E-state index is -0.454. The van der Waals surface area contributed by atoms with Crippen LogP contribution in [0.4, 0.5) is 0 Å². The maximum absolute atomic E-state index is 8.51. The topological polar surface area (TPSA) is 29.5 Å². The summed E-state index contributed by atoms with van der Waals surface area (Å²) in [5.41, 5.74) is 0. The van der Waals surface area contributed by atoms with Gasteiger partial charge in [-0.1, -0.05) is 7.43 Å². The van der Waals surface area contributed by atoms with Gasteiger partial charge in [-0.15, -0.1) is 0 Å². The average Bonchev–Trinajstić information content (AvgIpc) is 1.86. The molecule has 0 aromatic heterocycles. The van der Waals surface area contributed by atoms with Gasteiger partial charge in [0.1, 0.15) is 0 Å². The van der Waals surface area contributed by atoms with Crippen molar-refractivity contribution in [1.29, 1.82) is 0 Å². The molecule has 1 unspecified atom stereocenters. The van der Waals surface area contributed by atoms with E-state index >= 15 is 0 Å². The van der Waals surface area contributed by atoms with E-state index in [9.17, 15) is 0 Å². The Morgan fingerprint density at radius 1 is 1.50 bits per heavy atom. The Labute approximate surface area is 93.0 Å². The van der Waals surface area contributed by atoms with E-state index in [2.05, 4.69) is 0 Å².